The summed E-state index contributed by atoms with van der Waals surface area (Å²) in [4.78, 5) is 22.6. The number of aldehydes is 1. The van der Waals surface area contributed by atoms with Crippen molar-refractivity contribution in [3.63, 3.8) is 0 Å². The number of carbonyl (C=O) groups is 2. The maximum Gasteiger partial charge on any atom is 0.193 e. The monoisotopic (exact) mass is 253 g/mol. The average Bonchev–Trinajstić information content (AvgIpc) is 2.48. The van der Waals surface area contributed by atoms with Gasteiger partial charge in [-0.3, -0.25) is 4.79 Å². The van der Waals surface area contributed by atoms with Crippen LogP contribution in [0, 0.1) is 0 Å². The van der Waals surface area contributed by atoms with Gasteiger partial charge in [-0.1, -0.05) is 54.6 Å². The molecule has 0 saturated carbocycles. The molecule has 0 aliphatic carbocycles. The standard InChI is InChI=1S/C16H15NO2/c17-15(11-18)10-12-6-8-14(9-7-12)16(19)13-4-2-1-3-5-13/h1-9,11,15H,10,17H2. The first kappa shape index (κ1) is 13.2. The van der Waals surface area contributed by atoms with E-state index in [1.165, 1.54) is 0 Å². The van der Waals surface area contributed by atoms with Crippen LogP contribution >= 0.6 is 0 Å². The molecule has 0 saturated heterocycles. The third kappa shape index (κ3) is 3.36. The van der Waals surface area contributed by atoms with Crippen molar-refractivity contribution in [1.82, 2.24) is 0 Å². The number of nitrogens with two attached hydrogens (primary N) is 1. The lowest BCUT2D eigenvalue weighted by molar-refractivity contribution is -0.108. The van der Waals surface area contributed by atoms with Gasteiger partial charge < -0.3 is 10.5 Å². The Morgan fingerprint density at radius 3 is 2.16 bits per heavy atom. The van der Waals surface area contributed by atoms with Crippen molar-refractivity contribution in [2.45, 2.75) is 12.5 Å². The van der Waals surface area contributed by atoms with Gasteiger partial charge in [-0.15, -0.1) is 0 Å². The Hall–Kier alpha value is -2.26. The van der Waals surface area contributed by atoms with Crippen molar-refractivity contribution in [1.29, 1.82) is 0 Å². The summed E-state index contributed by atoms with van der Waals surface area (Å²) < 4.78 is 0. The van der Waals surface area contributed by atoms with Gasteiger partial charge in [-0.05, 0) is 12.0 Å². The number of ketones is 1. The number of carbonyl (C=O) groups excluding carboxylic acids is 2. The zero-order valence-electron chi connectivity index (χ0n) is 10.5. The predicted octanol–water partition coefficient (Wildman–Crippen LogP) is 1.99. The first-order valence-electron chi connectivity index (χ1n) is 6.10. The van der Waals surface area contributed by atoms with Gasteiger partial charge in [0.05, 0.1) is 6.04 Å². The van der Waals surface area contributed by atoms with Crippen LogP contribution in [0.5, 0.6) is 0 Å². The fourth-order valence-corrected chi connectivity index (χ4v) is 1.87. The van der Waals surface area contributed by atoms with Gasteiger partial charge in [0.15, 0.2) is 5.78 Å². The highest BCUT2D eigenvalue weighted by Crippen LogP contribution is 2.11. The molecule has 1 atom stereocenters. The largest absolute Gasteiger partial charge is 0.321 e. The summed E-state index contributed by atoms with van der Waals surface area (Å²) in [5.41, 5.74) is 7.81. The van der Waals surface area contributed by atoms with E-state index in [1.54, 1.807) is 24.3 Å². The van der Waals surface area contributed by atoms with Crippen LogP contribution < -0.4 is 5.73 Å². The van der Waals surface area contributed by atoms with Gasteiger partial charge in [0.1, 0.15) is 6.29 Å². The average molecular weight is 253 g/mol. The minimum absolute atomic E-state index is 0.00756. The first-order chi connectivity index (χ1) is 9.20. The number of hydrogen-bond acceptors (Lipinski definition) is 3. The Labute approximate surface area is 112 Å². The van der Waals surface area contributed by atoms with Crippen LogP contribution in [0.2, 0.25) is 0 Å². The molecule has 1 unspecified atom stereocenters. The minimum Gasteiger partial charge on any atom is -0.321 e. The zero-order valence-corrected chi connectivity index (χ0v) is 10.5. The molecule has 0 fully saturated rings. The van der Waals surface area contributed by atoms with E-state index < -0.39 is 6.04 Å². The molecule has 0 aromatic heterocycles. The summed E-state index contributed by atoms with van der Waals surface area (Å²) in [6.45, 7) is 0. The molecular weight excluding hydrogens is 238 g/mol. The number of hydrogen-bond donors (Lipinski definition) is 1. The van der Waals surface area contributed by atoms with Gasteiger partial charge in [-0.25, -0.2) is 0 Å². The molecular formula is C16H15NO2. The fraction of sp³-hybridized carbons (Fsp3) is 0.125. The van der Waals surface area contributed by atoms with Crippen LogP contribution in [0.1, 0.15) is 21.5 Å². The van der Waals surface area contributed by atoms with Crippen LogP contribution in [0.25, 0.3) is 0 Å². The molecule has 0 spiro atoms. The molecule has 3 heteroatoms. The van der Waals surface area contributed by atoms with E-state index in [1.807, 2.05) is 30.3 Å². The topological polar surface area (TPSA) is 60.2 Å². The van der Waals surface area contributed by atoms with Crippen LogP contribution in [-0.2, 0) is 11.2 Å². The van der Waals surface area contributed by atoms with Gasteiger partial charge in [0.25, 0.3) is 0 Å². The van der Waals surface area contributed by atoms with Crippen molar-refractivity contribution in [3.05, 3.63) is 71.3 Å². The van der Waals surface area contributed by atoms with Crippen LogP contribution in [-0.4, -0.2) is 18.1 Å². The Bertz CT molecular complexity index is 561. The summed E-state index contributed by atoms with van der Waals surface area (Å²) in [6.07, 6.45) is 1.21. The molecule has 96 valence electrons. The summed E-state index contributed by atoms with van der Waals surface area (Å²) in [5.74, 6) is -0.00756. The van der Waals surface area contributed by atoms with E-state index in [2.05, 4.69) is 0 Å². The second-order valence-corrected chi connectivity index (χ2v) is 4.40. The highest BCUT2D eigenvalue weighted by Gasteiger charge is 2.08. The maximum atomic E-state index is 12.2. The first-order valence-corrected chi connectivity index (χ1v) is 6.10. The second kappa shape index (κ2) is 6.07. The molecule has 0 amide bonds. The highest BCUT2D eigenvalue weighted by molar-refractivity contribution is 6.08. The summed E-state index contributed by atoms with van der Waals surface area (Å²) in [7, 11) is 0. The van der Waals surface area contributed by atoms with Crippen molar-refractivity contribution < 1.29 is 9.59 Å². The Morgan fingerprint density at radius 2 is 1.58 bits per heavy atom. The van der Waals surface area contributed by atoms with Crippen LogP contribution in [0.3, 0.4) is 0 Å². The van der Waals surface area contributed by atoms with E-state index in [0.29, 0.717) is 17.5 Å². The Kier molecular flexibility index (Phi) is 4.21. The molecule has 0 aliphatic rings. The quantitative estimate of drug-likeness (QED) is 0.654. The summed E-state index contributed by atoms with van der Waals surface area (Å²) in [5, 5.41) is 0. The third-order valence-corrected chi connectivity index (χ3v) is 2.90. The molecule has 3 nitrogen and oxygen atoms in total. The van der Waals surface area contributed by atoms with Gasteiger partial charge >= 0.3 is 0 Å². The van der Waals surface area contributed by atoms with Crippen LogP contribution in [0.4, 0.5) is 0 Å². The molecule has 2 N–H and O–H groups in total. The zero-order chi connectivity index (χ0) is 13.7. The lowest BCUT2D eigenvalue weighted by atomic mass is 10.00. The van der Waals surface area contributed by atoms with Gasteiger partial charge in [0, 0.05) is 11.1 Å². The predicted molar refractivity (Wildman–Crippen MR) is 74.1 cm³/mol. The smallest absolute Gasteiger partial charge is 0.193 e. The van der Waals surface area contributed by atoms with Crippen molar-refractivity contribution in [2.24, 2.45) is 5.73 Å². The highest BCUT2D eigenvalue weighted by atomic mass is 16.1. The summed E-state index contributed by atoms with van der Waals surface area (Å²) in [6, 6.07) is 15.8. The second-order valence-electron chi connectivity index (χ2n) is 4.40. The number of rotatable bonds is 5. The van der Waals surface area contributed by atoms with Crippen LogP contribution in [0.15, 0.2) is 54.6 Å². The molecule has 0 aliphatic heterocycles. The molecule has 0 bridgehead atoms. The molecule has 0 heterocycles. The molecule has 19 heavy (non-hydrogen) atoms. The van der Waals surface area contributed by atoms with E-state index in [0.717, 1.165) is 11.8 Å². The summed E-state index contributed by atoms with van der Waals surface area (Å²) >= 11 is 0. The maximum absolute atomic E-state index is 12.2. The van der Waals surface area contributed by atoms with E-state index in [4.69, 9.17) is 5.73 Å². The van der Waals surface area contributed by atoms with E-state index in [9.17, 15) is 9.59 Å². The van der Waals surface area contributed by atoms with Crippen molar-refractivity contribution in [2.75, 3.05) is 0 Å². The third-order valence-electron chi connectivity index (χ3n) is 2.90. The Balaban J connectivity index is 2.14. The minimum atomic E-state index is -0.490. The normalized spacial score (nSPS) is 11.8. The lowest BCUT2D eigenvalue weighted by Gasteiger charge is -2.05. The number of benzene rings is 2. The molecule has 2 aromatic carbocycles. The SMILES string of the molecule is NC(C=O)Cc1ccc(C(=O)c2ccccc2)cc1. The van der Waals surface area contributed by atoms with Gasteiger partial charge in [-0.2, -0.15) is 0 Å². The molecule has 0 radical (unpaired) electrons. The lowest BCUT2D eigenvalue weighted by Crippen LogP contribution is -2.24. The van der Waals surface area contributed by atoms with Crippen molar-refractivity contribution in [3.8, 4) is 0 Å². The molecule has 2 rings (SSSR count). The fourth-order valence-electron chi connectivity index (χ4n) is 1.87. The van der Waals surface area contributed by atoms with Gasteiger partial charge in [0.2, 0.25) is 0 Å². The van der Waals surface area contributed by atoms with E-state index >= 15 is 0 Å². The van der Waals surface area contributed by atoms with Crippen molar-refractivity contribution >= 4 is 12.1 Å². The molecule has 2 aromatic rings. The Morgan fingerprint density at radius 1 is 1.00 bits per heavy atom. The van der Waals surface area contributed by atoms with E-state index in [-0.39, 0.29) is 5.78 Å².